The van der Waals surface area contributed by atoms with E-state index in [-0.39, 0.29) is 25.0 Å². The molecule has 0 aliphatic carbocycles. The molecule has 2 rings (SSSR count). The van der Waals surface area contributed by atoms with Gasteiger partial charge >= 0.3 is 0 Å². The topological polar surface area (TPSA) is 98.2 Å². The Morgan fingerprint density at radius 3 is 2.70 bits per heavy atom. The van der Waals surface area contributed by atoms with Gasteiger partial charge in [0, 0.05) is 12.1 Å². The summed E-state index contributed by atoms with van der Waals surface area (Å²) in [6, 6.07) is 4.83. The molecule has 1 aromatic carbocycles. The minimum atomic E-state index is -3.39. The maximum atomic E-state index is 12.0. The fourth-order valence-corrected chi connectivity index (χ4v) is 2.90. The second-order valence-corrected chi connectivity index (χ2v) is 7.42. The van der Waals surface area contributed by atoms with Crippen molar-refractivity contribution < 1.29 is 27.6 Å². The van der Waals surface area contributed by atoms with Gasteiger partial charge < -0.3 is 19.7 Å². The summed E-state index contributed by atoms with van der Waals surface area (Å²) >= 11 is 0. The van der Waals surface area contributed by atoms with Crippen molar-refractivity contribution in [3.8, 4) is 11.5 Å². The third kappa shape index (κ3) is 5.38. The Hall–Kier alpha value is -1.84. The molecule has 0 spiro atoms. The molecule has 1 aromatic rings. The number of likely N-dealkylation sites (N-methyl/N-ethyl adjacent to an activating group) is 1. The van der Waals surface area contributed by atoms with E-state index in [1.807, 2.05) is 14.1 Å². The molecule has 128 valence electrons. The van der Waals surface area contributed by atoms with Crippen LogP contribution in [0, 0.1) is 0 Å². The van der Waals surface area contributed by atoms with Crippen LogP contribution >= 0.6 is 0 Å². The Labute approximate surface area is 135 Å². The molecule has 0 saturated heterocycles. The summed E-state index contributed by atoms with van der Waals surface area (Å²) in [5.41, 5.74) is 0.399. The average Bonchev–Trinajstić information content (AvgIpc) is 2.93. The molecule has 0 fully saturated rings. The third-order valence-corrected chi connectivity index (χ3v) is 4.62. The predicted octanol–water partition coefficient (Wildman–Crippen LogP) is -1.79. The molecular weight excluding hydrogens is 322 g/mol. The van der Waals surface area contributed by atoms with E-state index in [2.05, 4.69) is 10.0 Å². The van der Waals surface area contributed by atoms with Crippen LogP contribution in [-0.2, 0) is 10.0 Å². The van der Waals surface area contributed by atoms with E-state index in [9.17, 15) is 13.2 Å². The van der Waals surface area contributed by atoms with Crippen molar-refractivity contribution >= 4 is 15.9 Å². The van der Waals surface area contributed by atoms with Gasteiger partial charge in [0.2, 0.25) is 16.8 Å². The van der Waals surface area contributed by atoms with Gasteiger partial charge in [0.1, 0.15) is 0 Å². The van der Waals surface area contributed by atoms with Crippen molar-refractivity contribution in [1.82, 2.24) is 10.0 Å². The van der Waals surface area contributed by atoms with E-state index in [4.69, 9.17) is 9.47 Å². The van der Waals surface area contributed by atoms with E-state index < -0.39 is 10.0 Å². The zero-order valence-corrected chi connectivity index (χ0v) is 14.0. The van der Waals surface area contributed by atoms with Crippen LogP contribution in [0.3, 0.4) is 0 Å². The number of ether oxygens (including phenoxy) is 2. The Bertz CT molecular complexity index is 660. The number of fused-ring (bicyclic) bond motifs is 1. The lowest BCUT2D eigenvalue weighted by Gasteiger charge is -2.10. The lowest BCUT2D eigenvalue weighted by Crippen LogP contribution is -3.06. The van der Waals surface area contributed by atoms with Crippen LogP contribution < -0.4 is 24.4 Å². The van der Waals surface area contributed by atoms with Gasteiger partial charge in [-0.05, 0) is 18.2 Å². The highest BCUT2D eigenvalue weighted by molar-refractivity contribution is 7.89. The molecule has 0 aromatic heterocycles. The van der Waals surface area contributed by atoms with Crippen LogP contribution in [0.25, 0.3) is 0 Å². The lowest BCUT2D eigenvalue weighted by molar-refractivity contribution is -0.856. The van der Waals surface area contributed by atoms with Gasteiger partial charge in [-0.2, -0.15) is 0 Å². The molecule has 0 radical (unpaired) electrons. The smallest absolute Gasteiger partial charge is 0.251 e. The first-order valence-electron chi connectivity index (χ1n) is 7.31. The Balaban J connectivity index is 1.78. The largest absolute Gasteiger partial charge is 0.454 e. The Kier molecular flexibility index (Phi) is 5.80. The first kappa shape index (κ1) is 17.5. The molecule has 1 heterocycles. The average molecular weight is 344 g/mol. The fraction of sp³-hybridized carbons (Fsp3) is 0.500. The molecule has 0 saturated carbocycles. The Morgan fingerprint density at radius 1 is 1.22 bits per heavy atom. The van der Waals surface area contributed by atoms with Crippen LogP contribution in [0.5, 0.6) is 11.5 Å². The van der Waals surface area contributed by atoms with Gasteiger partial charge in [-0.25, -0.2) is 13.1 Å². The standard InChI is InChI=1S/C14H21N3O5S/c1-17(2)7-5-16-23(19,20)8-6-15-14(18)11-3-4-12-13(9-11)22-10-21-12/h3-4,9,16H,5-8,10H2,1-2H3,(H,15,18)/p+1. The van der Waals surface area contributed by atoms with E-state index in [1.54, 1.807) is 18.2 Å². The van der Waals surface area contributed by atoms with Gasteiger partial charge in [-0.3, -0.25) is 4.79 Å². The summed E-state index contributed by atoms with van der Waals surface area (Å²) in [6.07, 6.45) is 0. The van der Waals surface area contributed by atoms with E-state index in [0.29, 0.717) is 30.2 Å². The summed E-state index contributed by atoms with van der Waals surface area (Å²) in [5, 5.41) is 2.59. The number of benzene rings is 1. The van der Waals surface area contributed by atoms with Crippen molar-refractivity contribution in [2.24, 2.45) is 0 Å². The summed E-state index contributed by atoms with van der Waals surface area (Å²) in [7, 11) is 0.501. The van der Waals surface area contributed by atoms with E-state index in [1.165, 1.54) is 0 Å². The first-order valence-corrected chi connectivity index (χ1v) is 8.97. The molecule has 8 nitrogen and oxygen atoms in total. The molecule has 23 heavy (non-hydrogen) atoms. The maximum Gasteiger partial charge on any atom is 0.251 e. The first-order chi connectivity index (χ1) is 10.9. The molecule has 9 heteroatoms. The van der Waals surface area contributed by atoms with Gasteiger partial charge in [-0.15, -0.1) is 0 Å². The number of hydrogen-bond acceptors (Lipinski definition) is 5. The molecular formula is C14H22N3O5S+. The van der Waals surface area contributed by atoms with Crippen LogP contribution in [0.4, 0.5) is 0 Å². The number of quaternary nitrogens is 1. The van der Waals surface area contributed by atoms with Crippen LogP contribution in [-0.4, -0.2) is 60.6 Å². The fourth-order valence-electron chi connectivity index (χ4n) is 1.97. The summed E-state index contributed by atoms with van der Waals surface area (Å²) in [4.78, 5) is 13.2. The molecule has 1 aliphatic heterocycles. The zero-order valence-electron chi connectivity index (χ0n) is 13.2. The summed E-state index contributed by atoms with van der Waals surface area (Å²) in [5.74, 6) is 0.595. The van der Waals surface area contributed by atoms with E-state index in [0.717, 1.165) is 4.90 Å². The summed E-state index contributed by atoms with van der Waals surface area (Å²) in [6.45, 7) is 1.25. The summed E-state index contributed by atoms with van der Waals surface area (Å²) < 4.78 is 36.4. The van der Waals surface area contributed by atoms with Crippen molar-refractivity contribution in [2.45, 2.75) is 0 Å². The SMILES string of the molecule is C[NH+](C)CCNS(=O)(=O)CCNC(=O)c1ccc2c(c1)OCO2. The maximum absolute atomic E-state index is 12.0. The minimum Gasteiger partial charge on any atom is -0.454 e. The number of nitrogens with one attached hydrogen (secondary N) is 3. The molecule has 1 amide bonds. The lowest BCUT2D eigenvalue weighted by atomic mass is 10.2. The number of hydrogen-bond donors (Lipinski definition) is 3. The van der Waals surface area contributed by atoms with Gasteiger partial charge in [0.15, 0.2) is 11.5 Å². The highest BCUT2D eigenvalue weighted by Gasteiger charge is 2.17. The third-order valence-electron chi connectivity index (χ3n) is 3.24. The molecule has 1 aliphatic rings. The van der Waals surface area contributed by atoms with Crippen molar-refractivity contribution in [3.05, 3.63) is 23.8 Å². The normalized spacial score (nSPS) is 13.3. The molecule has 3 N–H and O–H groups in total. The quantitative estimate of drug-likeness (QED) is 0.517. The number of sulfonamides is 1. The van der Waals surface area contributed by atoms with Crippen molar-refractivity contribution in [2.75, 3.05) is 46.3 Å². The number of carbonyl (C=O) groups excluding carboxylic acids is 1. The molecule has 0 atom stereocenters. The van der Waals surface area contributed by atoms with Crippen LogP contribution in [0.15, 0.2) is 18.2 Å². The predicted molar refractivity (Wildman–Crippen MR) is 84.4 cm³/mol. The van der Waals surface area contributed by atoms with Gasteiger partial charge in [0.05, 0.1) is 32.9 Å². The van der Waals surface area contributed by atoms with Crippen molar-refractivity contribution in [1.29, 1.82) is 0 Å². The van der Waals surface area contributed by atoms with Gasteiger partial charge in [-0.1, -0.05) is 0 Å². The second kappa shape index (κ2) is 7.62. The minimum absolute atomic E-state index is 0.0391. The van der Waals surface area contributed by atoms with Crippen LogP contribution in [0.1, 0.15) is 10.4 Å². The number of rotatable bonds is 8. The number of amides is 1. The van der Waals surface area contributed by atoms with Gasteiger partial charge in [0.25, 0.3) is 5.91 Å². The Morgan fingerprint density at radius 2 is 1.96 bits per heavy atom. The highest BCUT2D eigenvalue weighted by Crippen LogP contribution is 2.32. The zero-order chi connectivity index (χ0) is 16.9. The molecule has 0 bridgehead atoms. The monoisotopic (exact) mass is 344 g/mol. The second-order valence-electron chi connectivity index (χ2n) is 5.49. The van der Waals surface area contributed by atoms with Crippen LogP contribution in [0.2, 0.25) is 0 Å². The molecule has 0 unspecified atom stereocenters. The van der Waals surface area contributed by atoms with E-state index >= 15 is 0 Å². The highest BCUT2D eigenvalue weighted by atomic mass is 32.2. The van der Waals surface area contributed by atoms with Crippen molar-refractivity contribution in [3.63, 3.8) is 0 Å². The number of carbonyl (C=O) groups is 1.